The van der Waals surface area contributed by atoms with Crippen LogP contribution in [-0.4, -0.2) is 30.0 Å². The lowest BCUT2D eigenvalue weighted by Gasteiger charge is -2.10. The number of imidazole rings is 1. The van der Waals surface area contributed by atoms with Crippen molar-refractivity contribution < 1.29 is 4.79 Å². The summed E-state index contributed by atoms with van der Waals surface area (Å²) < 4.78 is 3.81. The highest BCUT2D eigenvalue weighted by Crippen LogP contribution is 2.20. The zero-order chi connectivity index (χ0) is 22.6. The molecule has 8 nitrogen and oxygen atoms in total. The Morgan fingerprint density at radius 3 is 2.27 bits per heavy atom. The molecule has 5 aromatic rings. The molecule has 0 fully saturated rings. The van der Waals surface area contributed by atoms with Crippen molar-refractivity contribution in [2.45, 2.75) is 6.92 Å². The van der Waals surface area contributed by atoms with Crippen molar-refractivity contribution in [1.82, 2.24) is 24.1 Å². The number of aryl methyl sites for hydroxylation is 1. The molecule has 0 aliphatic rings. The lowest BCUT2D eigenvalue weighted by atomic mass is 10.2. The Morgan fingerprint density at radius 2 is 1.58 bits per heavy atom. The van der Waals surface area contributed by atoms with Gasteiger partial charge in [0.15, 0.2) is 0 Å². The number of carbonyl (C=O) groups excluding carboxylic acids is 1. The van der Waals surface area contributed by atoms with Gasteiger partial charge in [0.05, 0.1) is 0 Å². The first-order valence-corrected chi connectivity index (χ1v) is 10.4. The van der Waals surface area contributed by atoms with Crippen LogP contribution in [0.3, 0.4) is 0 Å². The molecule has 0 bridgehead atoms. The van der Waals surface area contributed by atoms with Gasteiger partial charge >= 0.3 is 0 Å². The largest absolute Gasteiger partial charge is 0.340 e. The number of nitrogens with one attached hydrogen (secondary N) is 2. The number of benzene rings is 2. The molecular formula is C25H21N7O. The second kappa shape index (κ2) is 8.80. The van der Waals surface area contributed by atoms with Gasteiger partial charge in [-0.25, -0.2) is 15.0 Å². The van der Waals surface area contributed by atoms with E-state index in [1.165, 1.54) is 0 Å². The SMILES string of the molecule is Cc1nc(Nc2ccc(NC(=O)c3ccc(-n4cccc4)cc3)cc2)cc(-n2ccnc2)n1. The maximum Gasteiger partial charge on any atom is 0.255 e. The summed E-state index contributed by atoms with van der Waals surface area (Å²) in [4.78, 5) is 25.6. The second-order valence-electron chi connectivity index (χ2n) is 7.42. The summed E-state index contributed by atoms with van der Waals surface area (Å²) in [5, 5.41) is 6.21. The molecule has 33 heavy (non-hydrogen) atoms. The number of rotatable bonds is 6. The first kappa shape index (κ1) is 20.2. The number of hydrogen-bond acceptors (Lipinski definition) is 5. The number of carbonyl (C=O) groups is 1. The minimum absolute atomic E-state index is 0.161. The molecule has 162 valence electrons. The fraction of sp³-hybridized carbons (Fsp3) is 0.0400. The summed E-state index contributed by atoms with van der Waals surface area (Å²) >= 11 is 0. The van der Waals surface area contributed by atoms with Gasteiger partial charge in [-0.3, -0.25) is 9.36 Å². The monoisotopic (exact) mass is 435 g/mol. The van der Waals surface area contributed by atoms with E-state index in [2.05, 4.69) is 25.6 Å². The van der Waals surface area contributed by atoms with E-state index in [0.717, 1.165) is 17.2 Å². The van der Waals surface area contributed by atoms with Gasteiger partial charge in [0.2, 0.25) is 0 Å². The van der Waals surface area contributed by atoms with E-state index in [1.54, 1.807) is 12.5 Å². The standard InChI is InChI=1S/C25H21N7O/c1-18-27-23(16-24(28-18)32-15-12-26-17-32)29-20-6-8-21(9-7-20)30-25(33)19-4-10-22(11-5-19)31-13-2-3-14-31/h2-17H,1H3,(H,30,33)(H,27,28,29). The van der Waals surface area contributed by atoms with E-state index >= 15 is 0 Å². The van der Waals surface area contributed by atoms with Crippen molar-refractivity contribution in [2.75, 3.05) is 10.6 Å². The van der Waals surface area contributed by atoms with Crippen LogP contribution in [0.15, 0.2) is 97.8 Å². The molecule has 0 aliphatic carbocycles. The van der Waals surface area contributed by atoms with Gasteiger partial charge < -0.3 is 15.2 Å². The van der Waals surface area contributed by atoms with Crippen LogP contribution >= 0.6 is 0 Å². The van der Waals surface area contributed by atoms with Crippen LogP contribution in [0, 0.1) is 6.92 Å². The topological polar surface area (TPSA) is 89.7 Å². The highest BCUT2D eigenvalue weighted by atomic mass is 16.1. The van der Waals surface area contributed by atoms with Gasteiger partial charge in [0, 0.05) is 53.5 Å². The van der Waals surface area contributed by atoms with Gasteiger partial charge in [-0.05, 0) is 67.6 Å². The second-order valence-corrected chi connectivity index (χ2v) is 7.42. The molecular weight excluding hydrogens is 414 g/mol. The molecule has 0 spiro atoms. The maximum atomic E-state index is 12.6. The quantitative estimate of drug-likeness (QED) is 0.401. The predicted molar refractivity (Wildman–Crippen MR) is 127 cm³/mol. The Kier molecular flexibility index (Phi) is 5.38. The number of anilines is 3. The summed E-state index contributed by atoms with van der Waals surface area (Å²) in [5.41, 5.74) is 3.15. The zero-order valence-electron chi connectivity index (χ0n) is 17.9. The number of hydrogen-bond donors (Lipinski definition) is 2. The average Bonchev–Trinajstić information content (AvgIpc) is 3.55. The molecule has 0 saturated carbocycles. The fourth-order valence-corrected chi connectivity index (χ4v) is 3.42. The lowest BCUT2D eigenvalue weighted by molar-refractivity contribution is 0.102. The molecule has 1 amide bonds. The van der Waals surface area contributed by atoms with Crippen LogP contribution in [-0.2, 0) is 0 Å². The molecule has 0 saturated heterocycles. The molecule has 0 atom stereocenters. The van der Waals surface area contributed by atoms with Crippen molar-refractivity contribution >= 4 is 23.1 Å². The summed E-state index contributed by atoms with van der Waals surface area (Å²) in [5.74, 6) is 1.89. The van der Waals surface area contributed by atoms with Crippen molar-refractivity contribution in [2.24, 2.45) is 0 Å². The van der Waals surface area contributed by atoms with Crippen LogP contribution in [0.2, 0.25) is 0 Å². The minimum atomic E-state index is -0.161. The van der Waals surface area contributed by atoms with Gasteiger partial charge in [-0.15, -0.1) is 0 Å². The van der Waals surface area contributed by atoms with Gasteiger partial charge in [-0.2, -0.15) is 0 Å². The number of nitrogens with zero attached hydrogens (tertiary/aromatic N) is 5. The highest BCUT2D eigenvalue weighted by Gasteiger charge is 2.08. The minimum Gasteiger partial charge on any atom is -0.340 e. The van der Waals surface area contributed by atoms with Crippen molar-refractivity contribution in [3.8, 4) is 11.5 Å². The van der Waals surface area contributed by atoms with E-state index in [1.807, 2.05) is 101 Å². The van der Waals surface area contributed by atoms with Crippen molar-refractivity contribution in [1.29, 1.82) is 0 Å². The van der Waals surface area contributed by atoms with Crippen molar-refractivity contribution in [3.05, 3.63) is 109 Å². The zero-order valence-corrected chi connectivity index (χ0v) is 17.9. The molecule has 0 radical (unpaired) electrons. The molecule has 0 unspecified atom stereocenters. The molecule has 3 heterocycles. The third-order valence-electron chi connectivity index (χ3n) is 5.04. The van der Waals surface area contributed by atoms with Gasteiger partial charge in [-0.1, -0.05) is 0 Å². The number of aromatic nitrogens is 5. The van der Waals surface area contributed by atoms with E-state index in [4.69, 9.17) is 0 Å². The van der Waals surface area contributed by atoms with Crippen LogP contribution in [0.25, 0.3) is 11.5 Å². The van der Waals surface area contributed by atoms with Gasteiger partial charge in [0.25, 0.3) is 5.91 Å². The molecule has 2 N–H and O–H groups in total. The summed E-state index contributed by atoms with van der Waals surface area (Å²) in [6, 6.07) is 20.7. The molecule has 3 aromatic heterocycles. The smallest absolute Gasteiger partial charge is 0.255 e. The highest BCUT2D eigenvalue weighted by molar-refractivity contribution is 6.04. The van der Waals surface area contributed by atoms with E-state index in [9.17, 15) is 4.79 Å². The summed E-state index contributed by atoms with van der Waals surface area (Å²) in [6.07, 6.45) is 9.15. The molecule has 2 aromatic carbocycles. The maximum absolute atomic E-state index is 12.6. The fourth-order valence-electron chi connectivity index (χ4n) is 3.42. The lowest BCUT2D eigenvalue weighted by Crippen LogP contribution is -2.11. The average molecular weight is 435 g/mol. The van der Waals surface area contributed by atoms with E-state index in [0.29, 0.717) is 22.9 Å². The third-order valence-corrected chi connectivity index (χ3v) is 5.04. The molecule has 5 rings (SSSR count). The third kappa shape index (κ3) is 4.64. The van der Waals surface area contributed by atoms with Gasteiger partial charge in [0.1, 0.15) is 23.8 Å². The molecule has 0 aliphatic heterocycles. The Labute approximate surface area is 190 Å². The predicted octanol–water partition coefficient (Wildman–Crippen LogP) is 4.76. The van der Waals surface area contributed by atoms with E-state index < -0.39 is 0 Å². The van der Waals surface area contributed by atoms with Crippen LogP contribution < -0.4 is 10.6 Å². The number of amides is 1. The summed E-state index contributed by atoms with van der Waals surface area (Å²) in [7, 11) is 0. The van der Waals surface area contributed by atoms with Crippen molar-refractivity contribution in [3.63, 3.8) is 0 Å². The van der Waals surface area contributed by atoms with Crippen LogP contribution in [0.1, 0.15) is 16.2 Å². The Bertz CT molecular complexity index is 1360. The first-order chi connectivity index (χ1) is 16.1. The van der Waals surface area contributed by atoms with Crippen LogP contribution in [0.4, 0.5) is 17.2 Å². The Morgan fingerprint density at radius 1 is 0.848 bits per heavy atom. The molecule has 8 heteroatoms. The normalized spacial score (nSPS) is 10.7. The van der Waals surface area contributed by atoms with E-state index in [-0.39, 0.29) is 5.91 Å². The summed E-state index contributed by atoms with van der Waals surface area (Å²) in [6.45, 7) is 1.84. The Balaban J connectivity index is 1.25. The Hall–Kier alpha value is -4.72. The van der Waals surface area contributed by atoms with Crippen LogP contribution in [0.5, 0.6) is 0 Å². The first-order valence-electron chi connectivity index (χ1n) is 10.4.